The molecule has 1 aliphatic heterocycles. The zero-order valence-electron chi connectivity index (χ0n) is 12.6. The Balaban J connectivity index is 2.57. The Bertz CT molecular complexity index is 706. The van der Waals surface area contributed by atoms with E-state index in [0.29, 0.717) is 30.0 Å². The van der Waals surface area contributed by atoms with Crippen molar-refractivity contribution < 1.29 is 35.5 Å². The smallest absolute Gasteiger partial charge is 0.375 e. The number of halogens is 3. The van der Waals surface area contributed by atoms with Gasteiger partial charge in [0.2, 0.25) is 0 Å². The molecule has 1 aliphatic rings. The van der Waals surface area contributed by atoms with Gasteiger partial charge in [-0.3, -0.25) is 0 Å². The van der Waals surface area contributed by atoms with Crippen LogP contribution in [-0.4, -0.2) is 39.6 Å². The second kappa shape index (κ2) is 6.13. The molecular weight excluding hydrogens is 341 g/mol. The van der Waals surface area contributed by atoms with Crippen LogP contribution in [0.4, 0.5) is 19.0 Å². The third-order valence-corrected chi connectivity index (χ3v) is 4.34. The van der Waals surface area contributed by atoms with Crippen LogP contribution in [0, 0.1) is 6.92 Å². The van der Waals surface area contributed by atoms with E-state index >= 15 is 0 Å². The van der Waals surface area contributed by atoms with E-state index in [-0.39, 0.29) is 12.2 Å². The van der Waals surface area contributed by atoms with Crippen molar-refractivity contribution in [3.05, 3.63) is 16.8 Å². The van der Waals surface area contributed by atoms with Crippen LogP contribution in [0.25, 0.3) is 0 Å². The summed E-state index contributed by atoms with van der Waals surface area (Å²) in [6, 6.07) is 0. The number of pyridine rings is 1. The van der Waals surface area contributed by atoms with Gasteiger partial charge in [0.25, 0.3) is 0 Å². The molecule has 11 heteroatoms. The normalized spacial score (nSPS) is 15.0. The highest BCUT2D eigenvalue weighted by atomic mass is 32.2. The molecule has 0 saturated carbocycles. The van der Waals surface area contributed by atoms with E-state index in [9.17, 15) is 21.6 Å². The fraction of sp³-hybridized carbons (Fsp3) is 0.583. The van der Waals surface area contributed by atoms with Gasteiger partial charge in [-0.15, -0.1) is 0 Å². The van der Waals surface area contributed by atoms with Gasteiger partial charge in [0.15, 0.2) is 5.75 Å². The van der Waals surface area contributed by atoms with Crippen LogP contribution in [0.2, 0.25) is 0 Å². The minimum absolute atomic E-state index is 0.0914. The van der Waals surface area contributed by atoms with Crippen molar-refractivity contribution in [3.8, 4) is 5.75 Å². The predicted molar refractivity (Wildman–Crippen MR) is 73.3 cm³/mol. The van der Waals surface area contributed by atoms with E-state index in [1.54, 1.807) is 11.9 Å². The zero-order chi connectivity index (χ0) is 17.4. The first-order chi connectivity index (χ1) is 10.6. The van der Waals surface area contributed by atoms with Crippen molar-refractivity contribution in [2.45, 2.75) is 25.5 Å². The Kier molecular flexibility index (Phi) is 4.74. The van der Waals surface area contributed by atoms with Crippen molar-refractivity contribution in [2.75, 3.05) is 25.6 Å². The van der Waals surface area contributed by atoms with Crippen molar-refractivity contribution in [1.82, 2.24) is 4.98 Å². The first-order valence-electron chi connectivity index (χ1n) is 6.48. The predicted octanol–water partition coefficient (Wildman–Crippen LogP) is 1.69. The third-order valence-electron chi connectivity index (χ3n) is 3.38. The van der Waals surface area contributed by atoms with E-state index in [1.807, 2.05) is 0 Å². The number of hydrogen-bond donors (Lipinski definition) is 0. The van der Waals surface area contributed by atoms with E-state index in [1.165, 1.54) is 14.0 Å². The number of nitrogens with zero attached hydrogens (tertiary/aromatic N) is 2. The summed E-state index contributed by atoms with van der Waals surface area (Å²) >= 11 is 0. The van der Waals surface area contributed by atoms with Crippen molar-refractivity contribution in [1.29, 1.82) is 0 Å². The minimum atomic E-state index is -5.80. The summed E-state index contributed by atoms with van der Waals surface area (Å²) in [6.45, 7) is 1.71. The maximum Gasteiger partial charge on any atom is 0.534 e. The van der Waals surface area contributed by atoms with E-state index < -0.39 is 21.4 Å². The molecule has 23 heavy (non-hydrogen) atoms. The Morgan fingerprint density at radius 1 is 1.35 bits per heavy atom. The summed E-state index contributed by atoms with van der Waals surface area (Å²) in [6.07, 6.45) is 0.307. The lowest BCUT2D eigenvalue weighted by Gasteiger charge is -2.18. The first-order valence-corrected chi connectivity index (χ1v) is 7.89. The maximum atomic E-state index is 12.6. The van der Waals surface area contributed by atoms with Crippen molar-refractivity contribution >= 4 is 15.9 Å². The van der Waals surface area contributed by atoms with Gasteiger partial charge in [0.1, 0.15) is 12.4 Å². The number of rotatable bonds is 5. The molecule has 0 aromatic carbocycles. The highest BCUT2D eigenvalue weighted by Crippen LogP contribution is 2.39. The van der Waals surface area contributed by atoms with Crippen LogP contribution in [0.1, 0.15) is 16.8 Å². The van der Waals surface area contributed by atoms with Gasteiger partial charge < -0.3 is 9.08 Å². The minimum Gasteiger partial charge on any atom is -0.375 e. The van der Waals surface area contributed by atoms with E-state index in [0.717, 1.165) is 0 Å². The molecule has 2 rings (SSSR count). The number of fused-ring (bicyclic) bond motifs is 1. The molecule has 1 aromatic heterocycles. The van der Waals surface area contributed by atoms with Crippen molar-refractivity contribution in [2.24, 2.45) is 0 Å². The summed E-state index contributed by atoms with van der Waals surface area (Å²) in [4.78, 5) is 15.1. The summed E-state index contributed by atoms with van der Waals surface area (Å²) in [7, 11) is -2.88. The summed E-state index contributed by atoms with van der Waals surface area (Å²) in [5.74, 6) is -0.0118. The summed E-state index contributed by atoms with van der Waals surface area (Å²) in [5, 5.41) is 0. The molecule has 0 saturated heterocycles. The number of hydrogen-bond acceptors (Lipinski definition) is 7. The lowest BCUT2D eigenvalue weighted by Crippen LogP contribution is -2.29. The lowest BCUT2D eigenvalue weighted by molar-refractivity contribution is -0.282. The van der Waals surface area contributed by atoms with Gasteiger partial charge in [-0.25, -0.2) is 14.8 Å². The van der Waals surface area contributed by atoms with E-state index in [4.69, 9.17) is 4.89 Å². The monoisotopic (exact) mass is 356 g/mol. The number of likely N-dealkylation sites (N-methyl/N-ethyl adjacent to an activating group) is 1. The van der Waals surface area contributed by atoms with Gasteiger partial charge in [0, 0.05) is 30.4 Å². The fourth-order valence-electron chi connectivity index (χ4n) is 2.21. The van der Waals surface area contributed by atoms with Gasteiger partial charge in [-0.05, 0) is 13.3 Å². The van der Waals surface area contributed by atoms with Crippen LogP contribution in [0.3, 0.4) is 0 Å². The molecule has 0 atom stereocenters. The molecule has 0 fully saturated rings. The average molecular weight is 356 g/mol. The quantitative estimate of drug-likeness (QED) is 0.344. The second-order valence-electron chi connectivity index (χ2n) is 4.89. The summed E-state index contributed by atoms with van der Waals surface area (Å²) < 4.78 is 65.1. The molecule has 0 bridgehead atoms. The third kappa shape index (κ3) is 3.35. The molecule has 7 nitrogen and oxygen atoms in total. The van der Waals surface area contributed by atoms with E-state index in [2.05, 4.69) is 14.1 Å². The molecule has 0 radical (unpaired) electrons. The SMILES string of the molecule is COOCc1c(C)nc2c(c1OS(=O)(=O)C(F)(F)F)CCN2C. The molecule has 2 heterocycles. The molecule has 0 amide bonds. The second-order valence-corrected chi connectivity index (χ2v) is 6.43. The van der Waals surface area contributed by atoms with Crippen molar-refractivity contribution in [3.63, 3.8) is 0 Å². The van der Waals surface area contributed by atoms with Crippen LogP contribution >= 0.6 is 0 Å². The maximum absolute atomic E-state index is 12.6. The Hall–Kier alpha value is -1.59. The number of aromatic nitrogens is 1. The molecule has 0 unspecified atom stereocenters. The average Bonchev–Trinajstić information content (AvgIpc) is 2.78. The molecule has 1 aromatic rings. The van der Waals surface area contributed by atoms with Gasteiger partial charge in [-0.1, -0.05) is 0 Å². The van der Waals surface area contributed by atoms with Gasteiger partial charge >= 0.3 is 15.6 Å². The number of anilines is 1. The Morgan fingerprint density at radius 2 is 2.00 bits per heavy atom. The highest BCUT2D eigenvalue weighted by molar-refractivity contribution is 7.88. The van der Waals surface area contributed by atoms with Crippen LogP contribution in [-0.2, 0) is 32.9 Å². The summed E-state index contributed by atoms with van der Waals surface area (Å²) in [5.41, 5.74) is -4.85. The fourth-order valence-corrected chi connectivity index (χ4v) is 2.73. The Morgan fingerprint density at radius 3 is 2.57 bits per heavy atom. The molecule has 0 N–H and O–H groups in total. The molecule has 130 valence electrons. The highest BCUT2D eigenvalue weighted by Gasteiger charge is 2.49. The number of alkyl halides is 3. The lowest BCUT2D eigenvalue weighted by atomic mass is 10.1. The molecule has 0 aliphatic carbocycles. The topological polar surface area (TPSA) is 78.0 Å². The largest absolute Gasteiger partial charge is 0.534 e. The Labute approximate surface area is 131 Å². The van der Waals surface area contributed by atoms with Gasteiger partial charge in [0.05, 0.1) is 7.11 Å². The first kappa shape index (κ1) is 17.8. The van der Waals surface area contributed by atoms with Crippen LogP contribution in [0.5, 0.6) is 5.75 Å². The van der Waals surface area contributed by atoms with Crippen LogP contribution < -0.4 is 9.08 Å². The molecule has 0 spiro atoms. The number of aryl methyl sites for hydroxylation is 1. The molecular formula is C12H15F3N2O5S. The standard InChI is InChI=1S/C12H15F3N2O5S/c1-7-9(6-21-20-3)10(22-23(18,19)12(13,14)15)8-4-5-17(2)11(8)16-7/h4-6H2,1-3H3. The van der Waals surface area contributed by atoms with Gasteiger partial charge in [-0.2, -0.15) is 21.6 Å². The zero-order valence-corrected chi connectivity index (χ0v) is 13.4. The van der Waals surface area contributed by atoms with Crippen LogP contribution in [0.15, 0.2) is 0 Å².